The molecule has 2 aliphatic carbocycles. The van der Waals surface area contributed by atoms with E-state index in [1.807, 2.05) is 44.2 Å². The number of amides is 1. The van der Waals surface area contributed by atoms with Gasteiger partial charge < -0.3 is 9.84 Å². The van der Waals surface area contributed by atoms with E-state index in [1.165, 1.54) is 0 Å². The fourth-order valence-corrected chi connectivity index (χ4v) is 4.47. The summed E-state index contributed by atoms with van der Waals surface area (Å²) in [7, 11) is 0. The van der Waals surface area contributed by atoms with Crippen molar-refractivity contribution in [2.24, 2.45) is 17.8 Å². The third-order valence-corrected chi connectivity index (χ3v) is 6.14. The average molecular weight is 355 g/mol. The number of allylic oxidation sites excluding steroid dienone is 1. The van der Waals surface area contributed by atoms with E-state index >= 15 is 0 Å². The van der Waals surface area contributed by atoms with Crippen molar-refractivity contribution in [3.8, 4) is 0 Å². The molecule has 0 aliphatic heterocycles. The Balaban J connectivity index is 1.77. The van der Waals surface area contributed by atoms with Crippen LogP contribution in [0.25, 0.3) is 0 Å². The van der Waals surface area contributed by atoms with Crippen molar-refractivity contribution in [3.05, 3.63) is 54.1 Å². The summed E-state index contributed by atoms with van der Waals surface area (Å²) in [6, 6.07) is 9.24. The normalized spacial score (nSPS) is 33.6. The smallest absolute Gasteiger partial charge is 0.412 e. The summed E-state index contributed by atoms with van der Waals surface area (Å²) in [5.41, 5.74) is 1.95. The SMILES string of the molecule is C=C(C)[C@H]1CC[C@@H](C)[C@]2(O)C[C@@H](OC(=O)Nc3ccccc3)C(C)=C[C@@H]12. The highest BCUT2D eigenvalue weighted by atomic mass is 16.6. The van der Waals surface area contributed by atoms with Crippen molar-refractivity contribution in [3.63, 3.8) is 0 Å². The molecule has 1 fully saturated rings. The van der Waals surface area contributed by atoms with Gasteiger partial charge in [0.1, 0.15) is 6.10 Å². The number of hydrogen-bond donors (Lipinski definition) is 2. The first-order valence-corrected chi connectivity index (χ1v) is 9.40. The Bertz CT molecular complexity index is 711. The van der Waals surface area contributed by atoms with Gasteiger partial charge in [0.15, 0.2) is 0 Å². The van der Waals surface area contributed by atoms with Crippen LogP contribution in [0.2, 0.25) is 0 Å². The Morgan fingerprint density at radius 3 is 2.65 bits per heavy atom. The molecule has 0 spiro atoms. The molecule has 0 heterocycles. The van der Waals surface area contributed by atoms with Crippen molar-refractivity contribution >= 4 is 11.8 Å². The standard InChI is InChI=1S/C22H29NO3/c1-14(2)18-11-10-16(4)22(25)13-20(15(3)12-19(18)22)26-21(24)23-17-8-6-5-7-9-17/h5-9,12,16,18-20,25H,1,10-11,13H2,2-4H3,(H,23,24)/t16-,18-,19+,20-,22-/m1/s1. The lowest BCUT2D eigenvalue weighted by Crippen LogP contribution is -2.55. The number of rotatable bonds is 3. The lowest BCUT2D eigenvalue weighted by Gasteiger charge is -2.51. The Hall–Kier alpha value is -2.07. The van der Waals surface area contributed by atoms with Gasteiger partial charge in [0, 0.05) is 18.0 Å². The summed E-state index contributed by atoms with van der Waals surface area (Å²) in [4.78, 5) is 12.3. The Kier molecular flexibility index (Phi) is 5.24. The van der Waals surface area contributed by atoms with Gasteiger partial charge in [-0.3, -0.25) is 5.32 Å². The monoisotopic (exact) mass is 355 g/mol. The molecule has 0 unspecified atom stereocenters. The van der Waals surface area contributed by atoms with Crippen LogP contribution in [0.5, 0.6) is 0 Å². The molecule has 5 atom stereocenters. The quantitative estimate of drug-likeness (QED) is 0.756. The molecule has 1 amide bonds. The Morgan fingerprint density at radius 1 is 1.31 bits per heavy atom. The van der Waals surface area contributed by atoms with Crippen LogP contribution in [0.15, 0.2) is 54.1 Å². The van der Waals surface area contributed by atoms with E-state index in [1.54, 1.807) is 0 Å². The number of ether oxygens (including phenoxy) is 1. The number of benzene rings is 1. The van der Waals surface area contributed by atoms with E-state index in [-0.39, 0.29) is 17.8 Å². The molecular weight excluding hydrogens is 326 g/mol. The molecule has 140 valence electrons. The van der Waals surface area contributed by atoms with E-state index in [9.17, 15) is 9.90 Å². The first-order valence-electron chi connectivity index (χ1n) is 9.40. The van der Waals surface area contributed by atoms with E-state index < -0.39 is 17.8 Å². The summed E-state index contributed by atoms with van der Waals surface area (Å²) in [5.74, 6) is 0.488. The summed E-state index contributed by atoms with van der Waals surface area (Å²) < 4.78 is 5.67. The van der Waals surface area contributed by atoms with Gasteiger partial charge in [0.05, 0.1) is 5.60 Å². The molecule has 1 aromatic rings. The molecule has 4 nitrogen and oxygen atoms in total. The zero-order chi connectivity index (χ0) is 18.9. The summed E-state index contributed by atoms with van der Waals surface area (Å²) in [6.07, 6.45) is 3.65. The van der Waals surface area contributed by atoms with Crippen molar-refractivity contribution in [1.82, 2.24) is 0 Å². The fourth-order valence-electron chi connectivity index (χ4n) is 4.47. The number of fused-ring (bicyclic) bond motifs is 1. The number of anilines is 1. The topological polar surface area (TPSA) is 58.6 Å². The zero-order valence-electron chi connectivity index (χ0n) is 15.9. The molecule has 0 saturated heterocycles. The molecular formula is C22H29NO3. The molecule has 1 aromatic carbocycles. The number of nitrogens with one attached hydrogen (secondary N) is 1. The van der Waals surface area contributed by atoms with Gasteiger partial charge in [-0.05, 0) is 56.2 Å². The highest BCUT2D eigenvalue weighted by Gasteiger charge is 2.51. The summed E-state index contributed by atoms with van der Waals surface area (Å²) in [5, 5.41) is 14.2. The molecule has 0 radical (unpaired) electrons. The molecule has 2 aliphatic rings. The van der Waals surface area contributed by atoms with Crippen LogP contribution in [-0.4, -0.2) is 22.9 Å². The molecule has 0 bridgehead atoms. The first-order chi connectivity index (χ1) is 12.3. The number of carbonyl (C=O) groups is 1. The summed E-state index contributed by atoms with van der Waals surface area (Å²) in [6.45, 7) is 10.2. The van der Waals surface area contributed by atoms with Gasteiger partial charge >= 0.3 is 6.09 Å². The van der Waals surface area contributed by atoms with E-state index in [2.05, 4.69) is 24.9 Å². The van der Waals surface area contributed by atoms with Crippen LogP contribution in [0.3, 0.4) is 0 Å². The lowest BCUT2D eigenvalue weighted by molar-refractivity contribution is -0.117. The zero-order valence-corrected chi connectivity index (χ0v) is 15.9. The van der Waals surface area contributed by atoms with E-state index in [0.717, 1.165) is 24.0 Å². The molecule has 1 saturated carbocycles. The number of carbonyl (C=O) groups excluding carboxylic acids is 1. The van der Waals surface area contributed by atoms with Gasteiger partial charge in [-0.2, -0.15) is 0 Å². The van der Waals surface area contributed by atoms with E-state index in [4.69, 9.17) is 4.74 Å². The molecule has 3 rings (SSSR count). The van der Waals surface area contributed by atoms with Gasteiger partial charge in [-0.15, -0.1) is 0 Å². The summed E-state index contributed by atoms with van der Waals surface area (Å²) >= 11 is 0. The Morgan fingerprint density at radius 2 is 2.00 bits per heavy atom. The third kappa shape index (κ3) is 3.56. The van der Waals surface area contributed by atoms with Crippen LogP contribution in [-0.2, 0) is 4.74 Å². The average Bonchev–Trinajstić information content (AvgIpc) is 2.58. The molecule has 26 heavy (non-hydrogen) atoms. The minimum absolute atomic E-state index is 0.0424. The van der Waals surface area contributed by atoms with Crippen LogP contribution >= 0.6 is 0 Å². The maximum absolute atomic E-state index is 12.3. The second kappa shape index (κ2) is 7.28. The molecule has 0 aromatic heterocycles. The lowest BCUT2D eigenvalue weighted by atomic mass is 9.58. The van der Waals surface area contributed by atoms with Crippen molar-refractivity contribution in [2.45, 2.75) is 51.7 Å². The first kappa shape index (κ1) is 18.7. The maximum Gasteiger partial charge on any atom is 0.412 e. The predicted molar refractivity (Wildman–Crippen MR) is 104 cm³/mol. The Labute approximate surface area is 155 Å². The highest BCUT2D eigenvalue weighted by Crippen LogP contribution is 2.50. The van der Waals surface area contributed by atoms with Gasteiger partial charge in [0.25, 0.3) is 0 Å². The molecule has 4 heteroatoms. The van der Waals surface area contributed by atoms with Crippen LogP contribution in [0, 0.1) is 17.8 Å². The van der Waals surface area contributed by atoms with Gasteiger partial charge in [-0.1, -0.05) is 43.4 Å². The minimum atomic E-state index is -0.862. The number of hydrogen-bond acceptors (Lipinski definition) is 3. The fraction of sp³-hybridized carbons (Fsp3) is 0.500. The second-order valence-electron chi connectivity index (χ2n) is 7.95. The van der Waals surface area contributed by atoms with Crippen LogP contribution in [0.1, 0.15) is 40.0 Å². The van der Waals surface area contributed by atoms with E-state index in [0.29, 0.717) is 12.1 Å². The van der Waals surface area contributed by atoms with Crippen LogP contribution < -0.4 is 5.32 Å². The number of para-hydroxylation sites is 1. The molecule has 2 N–H and O–H groups in total. The third-order valence-electron chi connectivity index (χ3n) is 6.14. The van der Waals surface area contributed by atoms with Gasteiger partial charge in [-0.25, -0.2) is 4.79 Å². The van der Waals surface area contributed by atoms with Crippen molar-refractivity contribution in [2.75, 3.05) is 5.32 Å². The van der Waals surface area contributed by atoms with Gasteiger partial charge in [0.2, 0.25) is 0 Å². The second-order valence-corrected chi connectivity index (χ2v) is 7.95. The highest BCUT2D eigenvalue weighted by molar-refractivity contribution is 5.84. The predicted octanol–water partition coefficient (Wildman–Crippen LogP) is 4.92. The largest absolute Gasteiger partial charge is 0.441 e. The van der Waals surface area contributed by atoms with Crippen molar-refractivity contribution in [1.29, 1.82) is 0 Å². The van der Waals surface area contributed by atoms with Crippen molar-refractivity contribution < 1.29 is 14.6 Å². The maximum atomic E-state index is 12.3. The minimum Gasteiger partial charge on any atom is -0.441 e. The number of aliphatic hydroxyl groups is 1. The van der Waals surface area contributed by atoms with Crippen LogP contribution in [0.4, 0.5) is 10.5 Å².